The molecule has 0 radical (unpaired) electrons. The Labute approximate surface area is 35.9 Å². The van der Waals surface area contributed by atoms with E-state index in [-0.39, 0.29) is 0 Å². The maximum absolute atomic E-state index is 3.81. The Kier molecular flexibility index (Phi) is 0.967. The van der Waals surface area contributed by atoms with Crippen molar-refractivity contribution in [3.8, 4) is 0 Å². The molecular weight excluding hydrogens is 101 g/mol. The quantitative estimate of drug-likeness (QED) is 0.487. The lowest BCUT2D eigenvalue weighted by Gasteiger charge is -1.40. The molecule has 0 N–H and O–H groups in total. The molecular formula is C2H2NPS. The van der Waals surface area contributed by atoms with Crippen LogP contribution in [-0.4, -0.2) is 4.37 Å². The smallest absolute Gasteiger partial charge is 0.0676 e. The highest BCUT2D eigenvalue weighted by atomic mass is 32.1. The molecule has 3 heteroatoms. The van der Waals surface area contributed by atoms with Gasteiger partial charge in [-0.3, -0.25) is 0 Å². The second-order valence-corrected chi connectivity index (χ2v) is 2.37. The predicted molar refractivity (Wildman–Crippen MR) is 24.6 cm³/mol. The van der Waals surface area contributed by atoms with E-state index in [9.17, 15) is 0 Å². The van der Waals surface area contributed by atoms with Gasteiger partial charge in [-0.15, -0.1) is 0 Å². The highest BCUT2D eigenvalue weighted by Gasteiger charge is 1.60. The normalized spacial score (nSPS) is 9.60. The van der Waals surface area contributed by atoms with Crippen LogP contribution in [0.4, 0.5) is 0 Å². The number of aromatic nitrogens is 1. The fourth-order valence-corrected chi connectivity index (χ4v) is 1.22. The van der Waals surface area contributed by atoms with Gasteiger partial charge < -0.3 is 0 Å². The summed E-state index contributed by atoms with van der Waals surface area (Å²) in [5.41, 5.74) is 0. The molecule has 0 atom stereocenters. The van der Waals surface area contributed by atoms with Crippen LogP contribution in [0.3, 0.4) is 0 Å². The van der Waals surface area contributed by atoms with Crippen molar-refractivity contribution in [2.24, 2.45) is 0 Å². The Balaban J connectivity index is 3.13. The van der Waals surface area contributed by atoms with E-state index in [0.717, 1.165) is 0 Å². The van der Waals surface area contributed by atoms with Crippen LogP contribution >= 0.6 is 19.7 Å². The Bertz CT molecular complexity index is 66.1. The lowest BCUT2D eigenvalue weighted by atomic mass is 11.7. The van der Waals surface area contributed by atoms with Crippen LogP contribution in [0, 0.1) is 0 Å². The predicted octanol–water partition coefficient (Wildman–Crippen LogP) is 1.72. The number of hydrogen-bond donors (Lipinski definition) is 0. The van der Waals surface area contributed by atoms with E-state index in [0.29, 0.717) is 0 Å². The summed E-state index contributed by atoms with van der Waals surface area (Å²) in [5.74, 6) is 1.87. The van der Waals surface area contributed by atoms with Crippen LogP contribution < -0.4 is 0 Å². The zero-order valence-electron chi connectivity index (χ0n) is 2.46. The number of rotatable bonds is 0. The van der Waals surface area contributed by atoms with Crippen LogP contribution in [-0.2, 0) is 0 Å². The van der Waals surface area contributed by atoms with Crippen molar-refractivity contribution >= 4 is 19.7 Å². The van der Waals surface area contributed by atoms with Gasteiger partial charge in [0.1, 0.15) is 0 Å². The highest BCUT2D eigenvalue weighted by Crippen LogP contribution is 2.02. The van der Waals surface area contributed by atoms with Gasteiger partial charge in [0.05, 0.1) is 5.93 Å². The molecule has 0 unspecified atom stereocenters. The summed E-state index contributed by atoms with van der Waals surface area (Å²) in [6.45, 7) is 0. The minimum atomic E-state index is 1.24. The summed E-state index contributed by atoms with van der Waals surface area (Å²) in [4.78, 5) is 0. The average Bonchev–Trinajstić information content (AvgIpc) is 1.76. The Morgan fingerprint density at radius 3 is 3.00 bits per heavy atom. The molecule has 0 aliphatic carbocycles. The highest BCUT2D eigenvalue weighted by molar-refractivity contribution is 7.36. The van der Waals surface area contributed by atoms with Gasteiger partial charge in [-0.2, -0.15) is 4.37 Å². The first kappa shape index (κ1) is 3.26. The zero-order chi connectivity index (χ0) is 3.54. The van der Waals surface area contributed by atoms with Crippen molar-refractivity contribution in [3.05, 3.63) is 11.0 Å². The molecule has 0 saturated heterocycles. The molecule has 1 aromatic rings. The SMILES string of the molecule is c1nscp1. The van der Waals surface area contributed by atoms with E-state index < -0.39 is 0 Å². The van der Waals surface area contributed by atoms with Crippen LogP contribution in [0.2, 0.25) is 0 Å². The molecule has 0 spiro atoms. The van der Waals surface area contributed by atoms with E-state index in [1.54, 1.807) is 0 Å². The van der Waals surface area contributed by atoms with Crippen molar-refractivity contribution in [2.45, 2.75) is 0 Å². The Hall–Kier alpha value is 0.0600. The zero-order valence-corrected chi connectivity index (χ0v) is 4.17. The van der Waals surface area contributed by atoms with E-state index in [1.807, 2.05) is 11.0 Å². The van der Waals surface area contributed by atoms with Gasteiger partial charge in [0.2, 0.25) is 0 Å². The summed E-state index contributed by atoms with van der Waals surface area (Å²) >= 11 is 1.51. The van der Waals surface area contributed by atoms with Crippen LogP contribution in [0.25, 0.3) is 0 Å². The summed E-state index contributed by atoms with van der Waals surface area (Å²) in [6, 6.07) is 0. The molecule has 0 fully saturated rings. The van der Waals surface area contributed by atoms with Gasteiger partial charge in [-0.1, -0.05) is 0 Å². The van der Waals surface area contributed by atoms with Gasteiger partial charge in [-0.05, 0) is 19.7 Å². The third kappa shape index (κ3) is 0.673. The number of hydrogen-bond acceptors (Lipinski definition) is 2. The summed E-state index contributed by atoms with van der Waals surface area (Å²) in [5, 5.41) is 2.03. The topological polar surface area (TPSA) is 12.9 Å². The molecule has 0 aromatic carbocycles. The number of nitrogens with zero attached hydrogens (tertiary/aromatic N) is 1. The molecule has 0 aliphatic rings. The molecule has 1 nitrogen and oxygen atoms in total. The van der Waals surface area contributed by atoms with Crippen molar-refractivity contribution in [3.63, 3.8) is 0 Å². The molecule has 1 heterocycles. The lowest BCUT2D eigenvalue weighted by Crippen LogP contribution is -1.28. The third-order valence-corrected chi connectivity index (χ3v) is 1.78. The maximum atomic E-state index is 3.81. The second-order valence-electron chi connectivity index (χ2n) is 0.581. The van der Waals surface area contributed by atoms with E-state index >= 15 is 0 Å². The summed E-state index contributed by atoms with van der Waals surface area (Å²) in [6.07, 6.45) is 0. The van der Waals surface area contributed by atoms with E-state index in [4.69, 9.17) is 0 Å². The minimum Gasteiger partial charge on any atom is -0.196 e. The standard InChI is InChI=1S/C2H2NPS/c1-3-5-2-4-1/h1-2H. The Morgan fingerprint density at radius 1 is 1.80 bits per heavy atom. The van der Waals surface area contributed by atoms with Crippen LogP contribution in [0.15, 0.2) is 11.0 Å². The van der Waals surface area contributed by atoms with Gasteiger partial charge in [0.25, 0.3) is 0 Å². The van der Waals surface area contributed by atoms with Crippen molar-refractivity contribution in [1.82, 2.24) is 4.37 Å². The van der Waals surface area contributed by atoms with Crippen molar-refractivity contribution in [1.29, 1.82) is 0 Å². The fraction of sp³-hybridized carbons (Fsp3) is 0. The van der Waals surface area contributed by atoms with Crippen molar-refractivity contribution in [2.75, 3.05) is 0 Å². The summed E-state index contributed by atoms with van der Waals surface area (Å²) in [7, 11) is 1.24. The van der Waals surface area contributed by atoms with Gasteiger partial charge >= 0.3 is 0 Å². The van der Waals surface area contributed by atoms with Gasteiger partial charge in [0.15, 0.2) is 0 Å². The molecule has 0 saturated carbocycles. The molecule has 0 aliphatic heterocycles. The molecule has 0 bridgehead atoms. The molecule has 1 aromatic heterocycles. The largest absolute Gasteiger partial charge is 0.196 e. The molecule has 5 heavy (non-hydrogen) atoms. The Morgan fingerprint density at radius 2 is 2.80 bits per heavy atom. The molecule has 26 valence electrons. The molecule has 0 amide bonds. The average molecular weight is 103 g/mol. The van der Waals surface area contributed by atoms with Gasteiger partial charge in [-0.25, -0.2) is 0 Å². The van der Waals surface area contributed by atoms with E-state index in [2.05, 4.69) is 4.37 Å². The fourth-order valence-electron chi connectivity index (χ4n) is 0.136. The minimum absolute atomic E-state index is 1.24. The van der Waals surface area contributed by atoms with Crippen LogP contribution in [0.5, 0.6) is 0 Å². The second kappa shape index (κ2) is 1.48. The van der Waals surface area contributed by atoms with Crippen molar-refractivity contribution < 1.29 is 0 Å². The monoisotopic (exact) mass is 103 g/mol. The summed E-state index contributed by atoms with van der Waals surface area (Å²) < 4.78 is 3.81. The third-order valence-electron chi connectivity index (χ3n) is 0.283. The van der Waals surface area contributed by atoms with Crippen LogP contribution in [0.1, 0.15) is 0 Å². The van der Waals surface area contributed by atoms with E-state index in [1.165, 1.54) is 19.7 Å². The first-order valence-electron chi connectivity index (χ1n) is 1.19. The van der Waals surface area contributed by atoms with Gasteiger partial charge in [0, 0.05) is 5.11 Å². The first-order chi connectivity index (χ1) is 2.50. The first-order valence-corrected chi connectivity index (χ1v) is 3.06. The molecule has 1 rings (SSSR count). The lowest BCUT2D eigenvalue weighted by molar-refractivity contribution is 1.64. The maximum Gasteiger partial charge on any atom is 0.0676 e.